The molecule has 0 bridgehead atoms. The lowest BCUT2D eigenvalue weighted by Gasteiger charge is -2.11. The van der Waals surface area contributed by atoms with Gasteiger partial charge in [0, 0.05) is 17.9 Å². The molecule has 0 aromatic carbocycles. The lowest BCUT2D eigenvalue weighted by molar-refractivity contribution is -0.122. The van der Waals surface area contributed by atoms with Crippen LogP contribution in [0.15, 0.2) is 12.3 Å². The van der Waals surface area contributed by atoms with E-state index < -0.39 is 0 Å². The Morgan fingerprint density at radius 2 is 2.43 bits per heavy atom. The van der Waals surface area contributed by atoms with Gasteiger partial charge in [0.25, 0.3) is 0 Å². The van der Waals surface area contributed by atoms with Crippen LogP contribution in [0.4, 0.5) is 0 Å². The molecule has 0 radical (unpaired) electrons. The zero-order chi connectivity index (χ0) is 10.6. The number of nitrogens with zero attached hydrogens (tertiary/aromatic N) is 2. The monoisotopic (exact) mass is 195 g/mol. The van der Waals surface area contributed by atoms with Crippen molar-refractivity contribution in [3.8, 4) is 0 Å². The van der Waals surface area contributed by atoms with E-state index in [0.29, 0.717) is 6.54 Å². The van der Waals surface area contributed by atoms with E-state index in [0.717, 1.165) is 12.1 Å². The maximum absolute atomic E-state index is 11.5. The molecule has 4 heteroatoms. The normalized spacial score (nSPS) is 12.5. The third-order valence-corrected chi connectivity index (χ3v) is 2.24. The van der Waals surface area contributed by atoms with Gasteiger partial charge in [-0.05, 0) is 26.3 Å². The predicted molar refractivity (Wildman–Crippen MR) is 54.9 cm³/mol. The second-order valence-electron chi connectivity index (χ2n) is 3.51. The first-order valence-corrected chi connectivity index (χ1v) is 4.91. The molecule has 1 unspecified atom stereocenters. The van der Waals surface area contributed by atoms with Crippen LogP contribution in [0, 0.1) is 6.92 Å². The highest BCUT2D eigenvalue weighted by molar-refractivity contribution is 5.75. The van der Waals surface area contributed by atoms with E-state index in [1.54, 1.807) is 10.9 Å². The molecule has 0 aliphatic heterocycles. The van der Waals surface area contributed by atoms with Gasteiger partial charge in [-0.2, -0.15) is 5.10 Å². The number of nitrogens with one attached hydrogen (secondary N) is 1. The smallest absolute Gasteiger partial charge is 0.241 e. The SMILES string of the molecule is CCC(C)NC(=O)Cn1nccc1C. The summed E-state index contributed by atoms with van der Waals surface area (Å²) in [6.45, 7) is 6.28. The number of hydrogen-bond donors (Lipinski definition) is 1. The van der Waals surface area contributed by atoms with Gasteiger partial charge in [0.05, 0.1) is 0 Å². The summed E-state index contributed by atoms with van der Waals surface area (Å²) in [6.07, 6.45) is 2.65. The number of hydrogen-bond acceptors (Lipinski definition) is 2. The molecule has 0 saturated heterocycles. The van der Waals surface area contributed by atoms with Gasteiger partial charge in [0.2, 0.25) is 5.91 Å². The molecular weight excluding hydrogens is 178 g/mol. The van der Waals surface area contributed by atoms with Crippen molar-refractivity contribution in [2.45, 2.75) is 39.8 Å². The fraction of sp³-hybridized carbons (Fsp3) is 0.600. The Morgan fingerprint density at radius 3 is 2.93 bits per heavy atom. The average Bonchev–Trinajstić information content (AvgIpc) is 2.51. The molecular formula is C10H17N3O. The lowest BCUT2D eigenvalue weighted by atomic mass is 10.2. The maximum Gasteiger partial charge on any atom is 0.241 e. The first-order chi connectivity index (χ1) is 6.63. The largest absolute Gasteiger partial charge is 0.352 e. The summed E-state index contributed by atoms with van der Waals surface area (Å²) in [7, 11) is 0. The minimum atomic E-state index is 0.0196. The van der Waals surface area contributed by atoms with Gasteiger partial charge in [0.1, 0.15) is 6.54 Å². The third kappa shape index (κ3) is 2.87. The number of aryl methyl sites for hydroxylation is 1. The number of aromatic nitrogens is 2. The van der Waals surface area contributed by atoms with Crippen molar-refractivity contribution < 1.29 is 4.79 Å². The summed E-state index contributed by atoms with van der Waals surface area (Å²) in [5, 5.41) is 6.94. The molecule has 0 aliphatic rings. The topological polar surface area (TPSA) is 46.9 Å². The summed E-state index contributed by atoms with van der Waals surface area (Å²) < 4.78 is 1.69. The predicted octanol–water partition coefficient (Wildman–Crippen LogP) is 1.11. The Balaban J connectivity index is 2.45. The van der Waals surface area contributed by atoms with Crippen molar-refractivity contribution in [1.82, 2.24) is 15.1 Å². The van der Waals surface area contributed by atoms with Gasteiger partial charge in [-0.25, -0.2) is 0 Å². The fourth-order valence-electron chi connectivity index (χ4n) is 1.12. The first-order valence-electron chi connectivity index (χ1n) is 4.91. The Kier molecular flexibility index (Phi) is 3.68. The Bertz CT molecular complexity index is 306. The number of rotatable bonds is 4. The number of amides is 1. The quantitative estimate of drug-likeness (QED) is 0.782. The van der Waals surface area contributed by atoms with Crippen LogP contribution >= 0.6 is 0 Å². The zero-order valence-electron chi connectivity index (χ0n) is 8.95. The van der Waals surface area contributed by atoms with Crippen LogP contribution in [0.3, 0.4) is 0 Å². The first kappa shape index (κ1) is 10.8. The van der Waals surface area contributed by atoms with E-state index in [4.69, 9.17) is 0 Å². The molecule has 0 spiro atoms. The molecule has 78 valence electrons. The molecule has 14 heavy (non-hydrogen) atoms. The van der Waals surface area contributed by atoms with Crippen molar-refractivity contribution in [2.24, 2.45) is 0 Å². The van der Waals surface area contributed by atoms with E-state index in [2.05, 4.69) is 10.4 Å². The van der Waals surface area contributed by atoms with E-state index in [-0.39, 0.29) is 11.9 Å². The van der Waals surface area contributed by atoms with Gasteiger partial charge in [-0.3, -0.25) is 9.48 Å². The molecule has 0 saturated carbocycles. The lowest BCUT2D eigenvalue weighted by Crippen LogP contribution is -2.35. The van der Waals surface area contributed by atoms with Gasteiger partial charge in [-0.15, -0.1) is 0 Å². The fourth-order valence-corrected chi connectivity index (χ4v) is 1.12. The molecule has 1 aromatic rings. The molecule has 1 heterocycles. The van der Waals surface area contributed by atoms with Crippen LogP contribution in [0.2, 0.25) is 0 Å². The molecule has 1 amide bonds. The van der Waals surface area contributed by atoms with Crippen LogP contribution in [0.5, 0.6) is 0 Å². The molecule has 4 nitrogen and oxygen atoms in total. The highest BCUT2D eigenvalue weighted by Crippen LogP contribution is 1.96. The molecule has 1 N–H and O–H groups in total. The molecule has 1 atom stereocenters. The molecule has 1 rings (SSSR count). The van der Waals surface area contributed by atoms with Gasteiger partial charge in [-0.1, -0.05) is 6.92 Å². The van der Waals surface area contributed by atoms with Crippen LogP contribution in [-0.4, -0.2) is 21.7 Å². The van der Waals surface area contributed by atoms with Crippen LogP contribution in [0.1, 0.15) is 26.0 Å². The van der Waals surface area contributed by atoms with E-state index in [1.165, 1.54) is 0 Å². The Labute approximate surface area is 84.3 Å². The third-order valence-electron chi connectivity index (χ3n) is 2.24. The molecule has 0 aliphatic carbocycles. The van der Waals surface area contributed by atoms with E-state index >= 15 is 0 Å². The van der Waals surface area contributed by atoms with E-state index in [9.17, 15) is 4.79 Å². The minimum Gasteiger partial charge on any atom is -0.352 e. The van der Waals surface area contributed by atoms with Crippen molar-refractivity contribution in [1.29, 1.82) is 0 Å². The number of carbonyl (C=O) groups is 1. The van der Waals surface area contributed by atoms with Gasteiger partial charge >= 0.3 is 0 Å². The van der Waals surface area contributed by atoms with Crippen molar-refractivity contribution in [2.75, 3.05) is 0 Å². The molecule has 1 aromatic heterocycles. The van der Waals surface area contributed by atoms with Crippen LogP contribution in [-0.2, 0) is 11.3 Å². The van der Waals surface area contributed by atoms with Crippen LogP contribution < -0.4 is 5.32 Å². The van der Waals surface area contributed by atoms with Crippen molar-refractivity contribution in [3.63, 3.8) is 0 Å². The van der Waals surface area contributed by atoms with Crippen molar-refractivity contribution in [3.05, 3.63) is 18.0 Å². The molecule has 0 fully saturated rings. The summed E-state index contributed by atoms with van der Waals surface area (Å²) in [5.74, 6) is 0.0196. The highest BCUT2D eigenvalue weighted by atomic mass is 16.2. The summed E-state index contributed by atoms with van der Waals surface area (Å²) in [4.78, 5) is 11.5. The Hall–Kier alpha value is -1.32. The standard InChI is InChI=1S/C10H17N3O/c1-4-8(2)12-10(14)7-13-9(3)5-6-11-13/h5-6,8H,4,7H2,1-3H3,(H,12,14). The second kappa shape index (κ2) is 4.79. The Morgan fingerprint density at radius 1 is 1.71 bits per heavy atom. The van der Waals surface area contributed by atoms with Gasteiger partial charge < -0.3 is 5.32 Å². The summed E-state index contributed by atoms with van der Waals surface area (Å²) >= 11 is 0. The summed E-state index contributed by atoms with van der Waals surface area (Å²) in [6, 6.07) is 2.12. The summed E-state index contributed by atoms with van der Waals surface area (Å²) in [5.41, 5.74) is 1.00. The number of carbonyl (C=O) groups excluding carboxylic acids is 1. The average molecular weight is 195 g/mol. The van der Waals surface area contributed by atoms with Gasteiger partial charge in [0.15, 0.2) is 0 Å². The van der Waals surface area contributed by atoms with Crippen molar-refractivity contribution >= 4 is 5.91 Å². The highest BCUT2D eigenvalue weighted by Gasteiger charge is 2.07. The maximum atomic E-state index is 11.5. The van der Waals surface area contributed by atoms with Crippen LogP contribution in [0.25, 0.3) is 0 Å². The second-order valence-corrected chi connectivity index (χ2v) is 3.51. The zero-order valence-corrected chi connectivity index (χ0v) is 8.95. The minimum absolute atomic E-state index is 0.0196. The van der Waals surface area contributed by atoms with E-state index in [1.807, 2.05) is 26.8 Å².